The van der Waals surface area contributed by atoms with E-state index in [-0.39, 0.29) is 11.7 Å². The lowest BCUT2D eigenvalue weighted by atomic mass is 9.92. The first-order valence-corrected chi connectivity index (χ1v) is 13.1. The number of nitrogens with two attached hydrogens (primary N) is 2. The van der Waals surface area contributed by atoms with Gasteiger partial charge in [0.1, 0.15) is 15.6 Å². The number of anilines is 1. The number of unbranched alkanes of at least 4 members (excludes halogenated alkanes) is 1. The van der Waals surface area contributed by atoms with Gasteiger partial charge in [-0.15, -0.1) is 20.4 Å². The van der Waals surface area contributed by atoms with Crippen LogP contribution < -0.4 is 16.8 Å². The van der Waals surface area contributed by atoms with E-state index >= 15 is 0 Å². The summed E-state index contributed by atoms with van der Waals surface area (Å²) >= 11 is 2.62. The molecule has 0 radical (unpaired) electrons. The number of carbonyl (C=O) groups is 2. The number of hydrogen-bond donors (Lipinski definition) is 3. The van der Waals surface area contributed by atoms with Crippen LogP contribution in [0.4, 0.5) is 5.13 Å². The van der Waals surface area contributed by atoms with E-state index in [0.717, 1.165) is 40.4 Å². The van der Waals surface area contributed by atoms with Crippen LogP contribution in [0.3, 0.4) is 0 Å². The van der Waals surface area contributed by atoms with E-state index in [4.69, 9.17) is 11.5 Å². The van der Waals surface area contributed by atoms with E-state index in [1.165, 1.54) is 22.7 Å². The Morgan fingerprint density at radius 2 is 1.47 bits per heavy atom. The number of nitrogens with one attached hydrogen (secondary N) is 1. The third-order valence-electron chi connectivity index (χ3n) is 5.68. The molecule has 2 heterocycles. The van der Waals surface area contributed by atoms with Crippen LogP contribution in [-0.4, -0.2) is 32.1 Å². The highest BCUT2D eigenvalue weighted by molar-refractivity contribution is 7.15. The molecule has 0 spiro atoms. The quantitative estimate of drug-likeness (QED) is 0.200. The molecule has 2 atom stereocenters. The molecule has 0 fully saturated rings. The van der Waals surface area contributed by atoms with Crippen LogP contribution >= 0.6 is 22.7 Å². The Labute approximate surface area is 217 Å². The fourth-order valence-corrected chi connectivity index (χ4v) is 5.14. The molecular weight excluding hydrogens is 494 g/mol. The molecule has 0 saturated heterocycles. The molecule has 2 aromatic heterocycles. The van der Waals surface area contributed by atoms with Gasteiger partial charge in [0.05, 0.1) is 6.04 Å². The maximum atomic E-state index is 12.7. The third-order valence-corrected chi connectivity index (χ3v) is 7.58. The second-order valence-corrected chi connectivity index (χ2v) is 10.6. The lowest BCUT2D eigenvalue weighted by molar-refractivity contribution is -0.120. The minimum atomic E-state index is -1.18. The Balaban J connectivity index is 1.23. The molecule has 4 aromatic rings. The second-order valence-electron chi connectivity index (χ2n) is 8.48. The minimum absolute atomic E-state index is 0.228. The Kier molecular flexibility index (Phi) is 8.26. The lowest BCUT2D eigenvalue weighted by Crippen LogP contribution is -2.45. The standard InChI is InChI=1S/C25H27N7O2S2/c1-25(27,17-12-6-3-7-13-17)23(34)28-24-32-30-19(36-24)15-9-8-14-18-29-31-22(35-18)21(33)20(26)16-10-4-2-5-11-16/h2-7,10-13,20H,8-9,14-15,26-27H2,1H3,(H,28,32,34). The summed E-state index contributed by atoms with van der Waals surface area (Å²) in [6, 6.07) is 17.7. The van der Waals surface area contributed by atoms with Crippen LogP contribution in [0.2, 0.25) is 0 Å². The molecule has 0 saturated carbocycles. The van der Waals surface area contributed by atoms with E-state index in [2.05, 4.69) is 25.7 Å². The van der Waals surface area contributed by atoms with E-state index in [9.17, 15) is 9.59 Å². The molecule has 0 aliphatic carbocycles. The van der Waals surface area contributed by atoms with Crippen molar-refractivity contribution < 1.29 is 9.59 Å². The van der Waals surface area contributed by atoms with Crippen LogP contribution in [0.25, 0.3) is 0 Å². The average molecular weight is 522 g/mol. The molecular formula is C25H27N7O2S2. The van der Waals surface area contributed by atoms with Crippen molar-refractivity contribution in [3.63, 3.8) is 0 Å². The van der Waals surface area contributed by atoms with Crippen LogP contribution in [0.1, 0.15) is 56.8 Å². The van der Waals surface area contributed by atoms with Gasteiger partial charge in [-0.25, -0.2) is 0 Å². The molecule has 4 rings (SSSR count). The largest absolute Gasteiger partial charge is 0.317 e. The zero-order valence-electron chi connectivity index (χ0n) is 19.8. The second kappa shape index (κ2) is 11.6. The maximum absolute atomic E-state index is 12.7. The van der Waals surface area contributed by atoms with Gasteiger partial charge in [-0.3, -0.25) is 14.9 Å². The first-order valence-electron chi connectivity index (χ1n) is 11.5. The monoisotopic (exact) mass is 521 g/mol. The zero-order valence-corrected chi connectivity index (χ0v) is 21.4. The summed E-state index contributed by atoms with van der Waals surface area (Å²) in [6.07, 6.45) is 3.13. The molecule has 2 aromatic carbocycles. The number of ketones is 1. The molecule has 11 heteroatoms. The Bertz CT molecular complexity index is 1310. The fraction of sp³-hybridized carbons (Fsp3) is 0.280. The Hall–Kier alpha value is -3.38. The van der Waals surface area contributed by atoms with E-state index in [0.29, 0.717) is 16.6 Å². The van der Waals surface area contributed by atoms with Gasteiger partial charge < -0.3 is 11.5 Å². The van der Waals surface area contributed by atoms with Crippen LogP contribution in [0.5, 0.6) is 0 Å². The number of Topliss-reactive ketones (excluding diaryl/α,β-unsaturated/α-hetero) is 1. The highest BCUT2D eigenvalue weighted by Gasteiger charge is 2.31. The smallest absolute Gasteiger partial charge is 0.250 e. The van der Waals surface area contributed by atoms with Crippen molar-refractivity contribution in [1.82, 2.24) is 20.4 Å². The molecule has 0 aliphatic rings. The van der Waals surface area contributed by atoms with Crippen molar-refractivity contribution in [3.8, 4) is 0 Å². The van der Waals surface area contributed by atoms with Crippen molar-refractivity contribution in [1.29, 1.82) is 0 Å². The van der Waals surface area contributed by atoms with Gasteiger partial charge in [0.25, 0.3) is 5.91 Å². The van der Waals surface area contributed by atoms with Crippen LogP contribution in [0, 0.1) is 0 Å². The molecule has 2 unspecified atom stereocenters. The van der Waals surface area contributed by atoms with Crippen molar-refractivity contribution in [2.75, 3.05) is 5.32 Å². The molecule has 36 heavy (non-hydrogen) atoms. The first-order chi connectivity index (χ1) is 17.3. The number of aryl methyl sites for hydroxylation is 2. The predicted octanol–water partition coefficient (Wildman–Crippen LogP) is 3.65. The van der Waals surface area contributed by atoms with E-state index in [1.807, 2.05) is 60.7 Å². The third kappa shape index (κ3) is 6.24. The topological polar surface area (TPSA) is 150 Å². The summed E-state index contributed by atoms with van der Waals surface area (Å²) in [5.74, 6) is -0.570. The van der Waals surface area contributed by atoms with Gasteiger partial charge in [0, 0.05) is 12.8 Å². The molecule has 5 N–H and O–H groups in total. The van der Waals surface area contributed by atoms with Gasteiger partial charge >= 0.3 is 0 Å². The van der Waals surface area contributed by atoms with E-state index in [1.54, 1.807) is 6.92 Å². The van der Waals surface area contributed by atoms with E-state index < -0.39 is 11.6 Å². The highest BCUT2D eigenvalue weighted by atomic mass is 32.1. The molecule has 1 amide bonds. The fourth-order valence-electron chi connectivity index (χ4n) is 3.50. The summed E-state index contributed by atoms with van der Waals surface area (Å²) in [7, 11) is 0. The molecule has 0 bridgehead atoms. The lowest BCUT2D eigenvalue weighted by Gasteiger charge is -2.23. The summed E-state index contributed by atoms with van der Waals surface area (Å²) < 4.78 is 0. The number of benzene rings is 2. The van der Waals surface area contributed by atoms with Crippen molar-refractivity contribution >= 4 is 39.5 Å². The first kappa shape index (κ1) is 25.7. The van der Waals surface area contributed by atoms with Gasteiger partial charge in [0.15, 0.2) is 5.01 Å². The van der Waals surface area contributed by atoms with Crippen LogP contribution in [-0.2, 0) is 23.2 Å². The van der Waals surface area contributed by atoms with Crippen LogP contribution in [0.15, 0.2) is 60.7 Å². The number of rotatable bonds is 11. The highest BCUT2D eigenvalue weighted by Crippen LogP contribution is 2.24. The van der Waals surface area contributed by atoms with Gasteiger partial charge in [-0.05, 0) is 30.9 Å². The average Bonchev–Trinajstić information content (AvgIpc) is 3.56. The van der Waals surface area contributed by atoms with Crippen molar-refractivity contribution in [3.05, 3.63) is 86.8 Å². The summed E-state index contributed by atoms with van der Waals surface area (Å²) in [5.41, 5.74) is 12.6. The maximum Gasteiger partial charge on any atom is 0.250 e. The van der Waals surface area contributed by atoms with Crippen molar-refractivity contribution in [2.24, 2.45) is 11.5 Å². The normalized spacial score (nSPS) is 13.6. The number of carbonyl (C=O) groups excluding carboxylic acids is 2. The minimum Gasteiger partial charge on any atom is -0.317 e. The summed E-state index contributed by atoms with van der Waals surface area (Å²) in [5, 5.41) is 21.6. The molecule has 0 aliphatic heterocycles. The Morgan fingerprint density at radius 1 is 0.889 bits per heavy atom. The molecule has 9 nitrogen and oxygen atoms in total. The number of aromatic nitrogens is 4. The Morgan fingerprint density at radius 3 is 2.14 bits per heavy atom. The summed E-state index contributed by atoms with van der Waals surface area (Å²) in [4.78, 5) is 25.3. The van der Waals surface area contributed by atoms with Crippen molar-refractivity contribution in [2.45, 2.75) is 44.2 Å². The number of amides is 1. The SMILES string of the molecule is CC(N)(C(=O)Nc1nnc(CCCCc2nnc(C(=O)C(N)c3ccccc3)s2)s1)c1ccccc1. The zero-order chi connectivity index (χ0) is 25.5. The number of nitrogens with zero attached hydrogens (tertiary/aromatic N) is 4. The predicted molar refractivity (Wildman–Crippen MR) is 141 cm³/mol. The number of hydrogen-bond acceptors (Lipinski definition) is 10. The van der Waals surface area contributed by atoms with Gasteiger partial charge in [-0.2, -0.15) is 0 Å². The molecule has 186 valence electrons. The summed E-state index contributed by atoms with van der Waals surface area (Å²) in [6.45, 7) is 1.67. The van der Waals surface area contributed by atoms with Gasteiger partial charge in [0.2, 0.25) is 10.9 Å². The van der Waals surface area contributed by atoms with Gasteiger partial charge in [-0.1, -0.05) is 83.3 Å².